The molecule has 0 aliphatic heterocycles. The fraction of sp³-hybridized carbons (Fsp3) is 0.333. The molecule has 1 aromatic heterocycles. The van der Waals surface area contributed by atoms with Crippen LogP contribution in [0.15, 0.2) is 53.7 Å². The topological polar surface area (TPSA) is 92.5 Å². The quantitative estimate of drug-likeness (QED) is 0.349. The molecule has 0 fully saturated rings. The number of guanidine groups is 1. The molecule has 2 aromatic rings. The van der Waals surface area contributed by atoms with Crippen molar-refractivity contribution in [1.29, 1.82) is 0 Å². The van der Waals surface area contributed by atoms with Gasteiger partial charge in [-0.25, -0.2) is 4.99 Å². The lowest BCUT2D eigenvalue weighted by Gasteiger charge is -2.17. The molecule has 7 heteroatoms. The van der Waals surface area contributed by atoms with E-state index in [1.165, 1.54) is 12.1 Å². The van der Waals surface area contributed by atoms with Crippen LogP contribution in [0.1, 0.15) is 31.5 Å². The van der Waals surface area contributed by atoms with Gasteiger partial charge in [-0.15, -0.1) is 0 Å². The van der Waals surface area contributed by atoms with E-state index in [0.717, 1.165) is 17.7 Å². The number of nitro benzene ring substituents is 1. The SMILES string of the molecule is CCC(C)NC(=NCc1ccc([N+](=O)[O-])cc1)NCc1ccccn1. The molecule has 0 saturated carbocycles. The minimum atomic E-state index is -0.405. The van der Waals surface area contributed by atoms with Crippen molar-refractivity contribution in [3.8, 4) is 0 Å². The fourth-order valence-corrected chi connectivity index (χ4v) is 2.06. The lowest BCUT2D eigenvalue weighted by atomic mass is 10.2. The van der Waals surface area contributed by atoms with Gasteiger partial charge in [0.15, 0.2) is 5.96 Å². The van der Waals surface area contributed by atoms with Crippen LogP contribution in [-0.2, 0) is 13.1 Å². The van der Waals surface area contributed by atoms with E-state index >= 15 is 0 Å². The Morgan fingerprint density at radius 1 is 1.28 bits per heavy atom. The molecule has 7 nitrogen and oxygen atoms in total. The highest BCUT2D eigenvalue weighted by Gasteiger charge is 2.06. The number of aromatic nitrogens is 1. The van der Waals surface area contributed by atoms with Crippen LogP contribution < -0.4 is 10.6 Å². The highest BCUT2D eigenvalue weighted by molar-refractivity contribution is 5.80. The molecule has 0 saturated heterocycles. The molecule has 25 heavy (non-hydrogen) atoms. The van der Waals surface area contributed by atoms with Crippen LogP contribution in [0.25, 0.3) is 0 Å². The Morgan fingerprint density at radius 2 is 2.04 bits per heavy atom. The average Bonchev–Trinajstić information content (AvgIpc) is 2.64. The standard InChI is InChI=1S/C18H23N5O2/c1-3-14(2)22-18(21-13-16-6-4-5-11-19-16)20-12-15-7-9-17(10-8-15)23(24)25/h4-11,14H,3,12-13H2,1-2H3,(H2,20,21,22). The Kier molecular flexibility index (Phi) is 6.88. The van der Waals surface area contributed by atoms with Crippen LogP contribution in [0.5, 0.6) is 0 Å². The third-order valence-corrected chi connectivity index (χ3v) is 3.73. The molecule has 0 bridgehead atoms. The first-order valence-electron chi connectivity index (χ1n) is 8.26. The van der Waals surface area contributed by atoms with Crippen molar-refractivity contribution in [3.05, 3.63) is 70.0 Å². The minimum absolute atomic E-state index is 0.0824. The van der Waals surface area contributed by atoms with E-state index in [0.29, 0.717) is 19.0 Å². The molecule has 1 aromatic carbocycles. The van der Waals surface area contributed by atoms with Crippen molar-refractivity contribution >= 4 is 11.6 Å². The smallest absolute Gasteiger partial charge is 0.269 e. The fourth-order valence-electron chi connectivity index (χ4n) is 2.06. The van der Waals surface area contributed by atoms with E-state index < -0.39 is 4.92 Å². The molecule has 0 aliphatic rings. The van der Waals surface area contributed by atoms with Gasteiger partial charge in [-0.1, -0.05) is 25.1 Å². The number of benzene rings is 1. The van der Waals surface area contributed by atoms with E-state index in [1.807, 2.05) is 18.2 Å². The molecule has 0 spiro atoms. The van der Waals surface area contributed by atoms with Gasteiger partial charge in [-0.3, -0.25) is 15.1 Å². The van der Waals surface area contributed by atoms with Gasteiger partial charge >= 0.3 is 0 Å². The number of non-ortho nitro benzene ring substituents is 1. The van der Waals surface area contributed by atoms with E-state index in [4.69, 9.17) is 0 Å². The largest absolute Gasteiger partial charge is 0.354 e. The van der Waals surface area contributed by atoms with Crippen molar-refractivity contribution in [1.82, 2.24) is 15.6 Å². The monoisotopic (exact) mass is 341 g/mol. The van der Waals surface area contributed by atoms with Gasteiger partial charge in [0.05, 0.1) is 23.7 Å². The summed E-state index contributed by atoms with van der Waals surface area (Å²) in [7, 11) is 0. The first kappa shape index (κ1) is 18.4. The zero-order chi connectivity index (χ0) is 18.1. The first-order valence-corrected chi connectivity index (χ1v) is 8.26. The normalized spacial score (nSPS) is 12.5. The number of nitrogens with zero attached hydrogens (tertiary/aromatic N) is 3. The summed E-state index contributed by atoms with van der Waals surface area (Å²) in [5.74, 6) is 0.693. The number of pyridine rings is 1. The summed E-state index contributed by atoms with van der Waals surface area (Å²) in [6.45, 7) is 5.20. The maximum atomic E-state index is 10.7. The molecule has 2 N–H and O–H groups in total. The third-order valence-electron chi connectivity index (χ3n) is 3.73. The minimum Gasteiger partial charge on any atom is -0.354 e. The molecule has 0 radical (unpaired) electrons. The Morgan fingerprint density at radius 3 is 2.64 bits per heavy atom. The Hall–Kier alpha value is -2.96. The molecule has 0 aliphatic carbocycles. The Labute approximate surface area is 147 Å². The summed E-state index contributed by atoms with van der Waals surface area (Å²) in [6, 6.07) is 12.5. The van der Waals surface area contributed by atoms with Gasteiger partial charge in [0.1, 0.15) is 0 Å². The lowest BCUT2D eigenvalue weighted by molar-refractivity contribution is -0.384. The second-order valence-electron chi connectivity index (χ2n) is 5.72. The number of nitrogens with one attached hydrogen (secondary N) is 2. The van der Waals surface area contributed by atoms with Gasteiger partial charge in [-0.05, 0) is 31.0 Å². The second kappa shape index (κ2) is 9.36. The van der Waals surface area contributed by atoms with E-state index in [9.17, 15) is 10.1 Å². The maximum Gasteiger partial charge on any atom is 0.269 e. The zero-order valence-corrected chi connectivity index (χ0v) is 14.5. The summed E-state index contributed by atoms with van der Waals surface area (Å²) in [5, 5.41) is 17.3. The Bertz CT molecular complexity index is 701. The van der Waals surface area contributed by atoms with E-state index in [1.54, 1.807) is 18.3 Å². The average molecular weight is 341 g/mol. The van der Waals surface area contributed by atoms with Crippen molar-refractivity contribution < 1.29 is 4.92 Å². The zero-order valence-electron chi connectivity index (χ0n) is 14.5. The summed E-state index contributed by atoms with van der Waals surface area (Å²) >= 11 is 0. The summed E-state index contributed by atoms with van der Waals surface area (Å²) in [6.07, 6.45) is 2.73. The number of hydrogen-bond acceptors (Lipinski definition) is 4. The van der Waals surface area contributed by atoms with Crippen LogP contribution in [0.4, 0.5) is 5.69 Å². The van der Waals surface area contributed by atoms with Crippen molar-refractivity contribution in [2.24, 2.45) is 4.99 Å². The van der Waals surface area contributed by atoms with Crippen LogP contribution >= 0.6 is 0 Å². The number of nitro groups is 1. The van der Waals surface area contributed by atoms with Crippen LogP contribution in [0.3, 0.4) is 0 Å². The Balaban J connectivity index is 2.02. The van der Waals surface area contributed by atoms with Gasteiger partial charge in [0.2, 0.25) is 0 Å². The van der Waals surface area contributed by atoms with Crippen molar-refractivity contribution in [2.45, 2.75) is 39.4 Å². The first-order chi connectivity index (χ1) is 12.1. The highest BCUT2D eigenvalue weighted by Crippen LogP contribution is 2.12. The predicted octanol–water partition coefficient (Wildman–Crippen LogP) is 3.02. The third kappa shape index (κ3) is 6.21. The second-order valence-corrected chi connectivity index (χ2v) is 5.72. The number of rotatable bonds is 7. The number of hydrogen-bond donors (Lipinski definition) is 2. The van der Waals surface area contributed by atoms with Crippen molar-refractivity contribution in [3.63, 3.8) is 0 Å². The van der Waals surface area contributed by atoms with Gasteiger partial charge < -0.3 is 10.6 Å². The predicted molar refractivity (Wildman–Crippen MR) is 98.2 cm³/mol. The van der Waals surface area contributed by atoms with Crippen LogP contribution in [0.2, 0.25) is 0 Å². The van der Waals surface area contributed by atoms with Crippen molar-refractivity contribution in [2.75, 3.05) is 0 Å². The van der Waals surface area contributed by atoms with Gasteiger partial charge in [0.25, 0.3) is 5.69 Å². The molecule has 132 valence electrons. The summed E-state index contributed by atoms with van der Waals surface area (Å²) in [4.78, 5) is 19.2. The summed E-state index contributed by atoms with van der Waals surface area (Å²) < 4.78 is 0. The molecule has 1 heterocycles. The van der Waals surface area contributed by atoms with Crippen LogP contribution in [-0.4, -0.2) is 21.9 Å². The lowest BCUT2D eigenvalue weighted by Crippen LogP contribution is -2.41. The molecule has 1 atom stereocenters. The molecule has 2 rings (SSSR count). The van der Waals surface area contributed by atoms with Crippen LogP contribution in [0, 0.1) is 10.1 Å². The molecule has 1 unspecified atom stereocenters. The molecular weight excluding hydrogens is 318 g/mol. The van der Waals surface area contributed by atoms with Gasteiger partial charge in [0, 0.05) is 24.4 Å². The number of aliphatic imine (C=N–C) groups is 1. The van der Waals surface area contributed by atoms with Gasteiger partial charge in [-0.2, -0.15) is 0 Å². The molecular formula is C18H23N5O2. The molecule has 0 amide bonds. The van der Waals surface area contributed by atoms with E-state index in [-0.39, 0.29) is 11.7 Å². The summed E-state index contributed by atoms with van der Waals surface area (Å²) in [5.41, 5.74) is 1.92. The highest BCUT2D eigenvalue weighted by atomic mass is 16.6. The van der Waals surface area contributed by atoms with E-state index in [2.05, 4.69) is 34.5 Å². The maximum absolute atomic E-state index is 10.7.